The summed E-state index contributed by atoms with van der Waals surface area (Å²) in [6.45, 7) is 1.13. The lowest BCUT2D eigenvalue weighted by atomic mass is 10.1. The van der Waals surface area contributed by atoms with Crippen molar-refractivity contribution in [2.45, 2.75) is 6.04 Å². The van der Waals surface area contributed by atoms with Crippen LogP contribution in [0.4, 0.5) is 0 Å². The third-order valence-corrected chi connectivity index (χ3v) is 2.20. The fourth-order valence-electron chi connectivity index (χ4n) is 1.42. The van der Waals surface area contributed by atoms with Crippen LogP contribution in [0, 0.1) is 0 Å². The maximum Gasteiger partial charge on any atom is 0.270 e. The summed E-state index contributed by atoms with van der Waals surface area (Å²) in [6, 6.07) is 4.60. The van der Waals surface area contributed by atoms with Crippen LogP contribution in [0.25, 0.3) is 0 Å². The molecule has 1 aliphatic rings. The number of rotatable bonds is 1. The molecule has 1 aliphatic heterocycles. The number of carbonyl (C=O) groups excluding carboxylic acids is 1. The van der Waals surface area contributed by atoms with E-state index in [0.717, 1.165) is 0 Å². The molecule has 0 atom stereocenters. The van der Waals surface area contributed by atoms with Crippen molar-refractivity contribution in [2.24, 2.45) is 5.73 Å². The summed E-state index contributed by atoms with van der Waals surface area (Å²) in [5, 5.41) is 0. The Morgan fingerprint density at radius 1 is 1.50 bits per heavy atom. The van der Waals surface area contributed by atoms with Crippen molar-refractivity contribution in [1.29, 1.82) is 0 Å². The predicted molar refractivity (Wildman–Crippen MR) is 50.9 cm³/mol. The zero-order valence-electron chi connectivity index (χ0n) is 7.56. The first-order valence-corrected chi connectivity index (χ1v) is 4.41. The van der Waals surface area contributed by atoms with Crippen molar-refractivity contribution in [3.8, 4) is 0 Å². The molecule has 1 aromatic rings. The lowest BCUT2D eigenvalue weighted by Crippen LogP contribution is -2.58. The Hall–Kier alpha value is -1.62. The van der Waals surface area contributed by atoms with Gasteiger partial charge in [-0.05, 0) is 6.07 Å². The van der Waals surface area contributed by atoms with Crippen molar-refractivity contribution in [2.75, 3.05) is 13.1 Å². The normalized spacial score (nSPS) is 16.5. The zero-order chi connectivity index (χ0) is 10.1. The van der Waals surface area contributed by atoms with Gasteiger partial charge < -0.3 is 15.6 Å². The van der Waals surface area contributed by atoms with Gasteiger partial charge in [-0.1, -0.05) is 6.07 Å². The standard InChI is InChI=1S/C9H11N3O2/c10-6-4-12(5-6)9(14)7-2-1-3-8(13)11-7/h1-3,6H,4-5,10H2,(H,11,13). The third kappa shape index (κ3) is 1.54. The number of H-pyrrole nitrogens is 1. The summed E-state index contributed by atoms with van der Waals surface area (Å²) >= 11 is 0. The molecule has 74 valence electrons. The van der Waals surface area contributed by atoms with E-state index in [0.29, 0.717) is 18.8 Å². The topological polar surface area (TPSA) is 79.2 Å². The van der Waals surface area contributed by atoms with Crippen LogP contribution in [-0.4, -0.2) is 34.9 Å². The minimum Gasteiger partial charge on any atom is -0.334 e. The third-order valence-electron chi connectivity index (χ3n) is 2.20. The van der Waals surface area contributed by atoms with Crippen molar-refractivity contribution in [1.82, 2.24) is 9.88 Å². The van der Waals surface area contributed by atoms with Gasteiger partial charge in [-0.2, -0.15) is 0 Å². The summed E-state index contributed by atoms with van der Waals surface area (Å²) in [5.41, 5.74) is 5.61. The van der Waals surface area contributed by atoms with Gasteiger partial charge >= 0.3 is 0 Å². The molecule has 0 radical (unpaired) electrons. The van der Waals surface area contributed by atoms with Gasteiger partial charge in [-0.3, -0.25) is 9.59 Å². The number of nitrogens with zero attached hydrogens (tertiary/aromatic N) is 1. The highest BCUT2D eigenvalue weighted by Gasteiger charge is 2.28. The van der Waals surface area contributed by atoms with E-state index in [2.05, 4.69) is 4.98 Å². The molecule has 5 nitrogen and oxygen atoms in total. The Morgan fingerprint density at radius 3 is 2.79 bits per heavy atom. The number of aromatic nitrogens is 1. The molecular weight excluding hydrogens is 182 g/mol. The number of nitrogens with two attached hydrogens (primary N) is 1. The van der Waals surface area contributed by atoms with Crippen molar-refractivity contribution in [3.05, 3.63) is 34.2 Å². The minimum absolute atomic E-state index is 0.0781. The van der Waals surface area contributed by atoms with E-state index in [9.17, 15) is 9.59 Å². The Balaban J connectivity index is 2.16. The Bertz CT molecular complexity index is 407. The molecular formula is C9H11N3O2. The highest BCUT2D eigenvalue weighted by molar-refractivity contribution is 5.92. The largest absolute Gasteiger partial charge is 0.334 e. The van der Waals surface area contributed by atoms with Gasteiger partial charge in [0.2, 0.25) is 5.56 Å². The fourth-order valence-corrected chi connectivity index (χ4v) is 1.42. The van der Waals surface area contributed by atoms with Crippen LogP contribution in [0.15, 0.2) is 23.0 Å². The van der Waals surface area contributed by atoms with Crippen LogP contribution >= 0.6 is 0 Å². The smallest absolute Gasteiger partial charge is 0.270 e. The second kappa shape index (κ2) is 3.26. The van der Waals surface area contributed by atoms with Gasteiger partial charge in [0.25, 0.3) is 5.91 Å². The quantitative estimate of drug-likeness (QED) is 0.610. The number of aromatic amines is 1. The molecule has 2 rings (SSSR count). The van der Waals surface area contributed by atoms with E-state index >= 15 is 0 Å². The molecule has 0 spiro atoms. The first kappa shape index (κ1) is 8.96. The number of carbonyl (C=O) groups is 1. The van der Waals surface area contributed by atoms with E-state index in [1.54, 1.807) is 17.0 Å². The second-order valence-corrected chi connectivity index (χ2v) is 3.40. The lowest BCUT2D eigenvalue weighted by Gasteiger charge is -2.36. The van der Waals surface area contributed by atoms with Crippen LogP contribution in [0.5, 0.6) is 0 Å². The molecule has 14 heavy (non-hydrogen) atoms. The maximum atomic E-state index is 11.6. The highest BCUT2D eigenvalue weighted by atomic mass is 16.2. The average Bonchev–Trinajstić information content (AvgIpc) is 2.12. The Kier molecular flexibility index (Phi) is 2.09. The van der Waals surface area contributed by atoms with Crippen LogP contribution < -0.4 is 11.3 Å². The summed E-state index contributed by atoms with van der Waals surface area (Å²) in [5.74, 6) is -0.163. The molecule has 2 heterocycles. The molecule has 1 fully saturated rings. The number of likely N-dealkylation sites (tertiary alicyclic amines) is 1. The van der Waals surface area contributed by atoms with Crippen molar-refractivity contribution < 1.29 is 4.79 Å². The number of hydrogen-bond donors (Lipinski definition) is 2. The predicted octanol–water partition coefficient (Wildman–Crippen LogP) is -0.842. The molecule has 1 saturated heterocycles. The van der Waals surface area contributed by atoms with Crippen molar-refractivity contribution in [3.63, 3.8) is 0 Å². The SMILES string of the molecule is NC1CN(C(=O)c2cccc(=O)[nH]2)C1. The summed E-state index contributed by atoms with van der Waals surface area (Å²) in [6.07, 6.45) is 0. The summed E-state index contributed by atoms with van der Waals surface area (Å²) in [4.78, 5) is 26.7. The monoisotopic (exact) mass is 193 g/mol. The van der Waals surface area contributed by atoms with Gasteiger partial charge in [0.05, 0.1) is 0 Å². The summed E-state index contributed by atoms with van der Waals surface area (Å²) < 4.78 is 0. The molecule has 1 aromatic heterocycles. The fraction of sp³-hybridized carbons (Fsp3) is 0.333. The van der Waals surface area contributed by atoms with E-state index in [1.165, 1.54) is 6.07 Å². The van der Waals surface area contributed by atoms with Gasteiger partial charge in [0.1, 0.15) is 5.69 Å². The van der Waals surface area contributed by atoms with E-state index in [4.69, 9.17) is 5.73 Å². The highest BCUT2D eigenvalue weighted by Crippen LogP contribution is 2.09. The molecule has 0 bridgehead atoms. The molecule has 0 aromatic carbocycles. The van der Waals surface area contributed by atoms with Crippen LogP contribution in [-0.2, 0) is 0 Å². The average molecular weight is 193 g/mol. The minimum atomic E-state index is -0.263. The van der Waals surface area contributed by atoms with Crippen LogP contribution in [0.3, 0.4) is 0 Å². The number of nitrogens with one attached hydrogen (secondary N) is 1. The molecule has 0 aliphatic carbocycles. The second-order valence-electron chi connectivity index (χ2n) is 3.40. The maximum absolute atomic E-state index is 11.6. The first-order valence-electron chi connectivity index (χ1n) is 4.41. The lowest BCUT2D eigenvalue weighted by molar-refractivity contribution is 0.0601. The van der Waals surface area contributed by atoms with Gasteiger partial charge in [-0.15, -0.1) is 0 Å². The van der Waals surface area contributed by atoms with Crippen LogP contribution in [0.2, 0.25) is 0 Å². The van der Waals surface area contributed by atoms with E-state index in [1.807, 2.05) is 0 Å². The molecule has 0 saturated carbocycles. The number of hydrogen-bond acceptors (Lipinski definition) is 3. The van der Waals surface area contributed by atoms with Gasteiger partial charge in [-0.25, -0.2) is 0 Å². The molecule has 0 unspecified atom stereocenters. The molecule has 1 amide bonds. The van der Waals surface area contributed by atoms with E-state index < -0.39 is 0 Å². The van der Waals surface area contributed by atoms with E-state index in [-0.39, 0.29) is 17.5 Å². The first-order chi connectivity index (χ1) is 6.66. The summed E-state index contributed by atoms with van der Waals surface area (Å²) in [7, 11) is 0. The van der Waals surface area contributed by atoms with Crippen LogP contribution in [0.1, 0.15) is 10.5 Å². The Morgan fingerprint density at radius 2 is 2.21 bits per heavy atom. The van der Waals surface area contributed by atoms with Gasteiger partial charge in [0.15, 0.2) is 0 Å². The van der Waals surface area contributed by atoms with Crippen molar-refractivity contribution >= 4 is 5.91 Å². The Labute approximate surface area is 80.5 Å². The number of amides is 1. The van der Waals surface area contributed by atoms with Gasteiger partial charge in [0, 0.05) is 25.2 Å². The molecule has 3 N–H and O–H groups in total. The zero-order valence-corrected chi connectivity index (χ0v) is 7.56. The number of pyridine rings is 1. The molecule has 5 heteroatoms.